The van der Waals surface area contributed by atoms with Gasteiger partial charge in [-0.2, -0.15) is 10.1 Å². The van der Waals surface area contributed by atoms with Gasteiger partial charge in [0.15, 0.2) is 0 Å². The molecule has 2 aromatic heterocycles. The van der Waals surface area contributed by atoms with Crippen molar-refractivity contribution in [3.05, 3.63) is 30.7 Å². The molecule has 15 heavy (non-hydrogen) atoms. The highest BCUT2D eigenvalue weighted by Gasteiger charge is 2.02. The molecule has 0 N–H and O–H groups in total. The maximum absolute atomic E-state index is 4.33. The van der Waals surface area contributed by atoms with Gasteiger partial charge in [0.2, 0.25) is 0 Å². The molecular weight excluding hydrogens is 214 g/mol. The molecule has 0 aliphatic heterocycles. The Bertz CT molecular complexity index is 412. The molecule has 0 radical (unpaired) electrons. The highest BCUT2D eigenvalue weighted by molar-refractivity contribution is 5.85. The Morgan fingerprint density at radius 3 is 2.67 bits per heavy atom. The molecule has 0 aliphatic carbocycles. The number of rotatable bonds is 2. The molecule has 0 saturated carbocycles. The molecule has 5 nitrogen and oxygen atoms in total. The van der Waals surface area contributed by atoms with Crippen LogP contribution in [0.1, 0.15) is 0 Å². The smallest absolute Gasteiger partial charge is 0.252 e. The van der Waals surface area contributed by atoms with E-state index < -0.39 is 0 Å². The van der Waals surface area contributed by atoms with E-state index in [-0.39, 0.29) is 12.4 Å². The number of nitrogens with zero attached hydrogens (tertiary/aromatic N) is 5. The summed E-state index contributed by atoms with van der Waals surface area (Å²) >= 11 is 0. The average Bonchev–Trinajstić information content (AvgIpc) is 2.71. The quantitative estimate of drug-likeness (QED) is 0.769. The van der Waals surface area contributed by atoms with Gasteiger partial charge in [0.05, 0.1) is 0 Å². The van der Waals surface area contributed by atoms with E-state index in [2.05, 4.69) is 15.1 Å². The minimum absolute atomic E-state index is 0. The maximum Gasteiger partial charge on any atom is 0.252 e. The van der Waals surface area contributed by atoms with Gasteiger partial charge in [0.25, 0.3) is 5.95 Å². The minimum Gasteiger partial charge on any atom is -0.363 e. The van der Waals surface area contributed by atoms with Crippen molar-refractivity contribution in [3.63, 3.8) is 0 Å². The van der Waals surface area contributed by atoms with E-state index in [4.69, 9.17) is 0 Å². The largest absolute Gasteiger partial charge is 0.363 e. The van der Waals surface area contributed by atoms with E-state index in [1.165, 1.54) is 0 Å². The normalized spacial score (nSPS) is 9.47. The van der Waals surface area contributed by atoms with Crippen LogP contribution < -0.4 is 4.90 Å². The highest BCUT2D eigenvalue weighted by Crippen LogP contribution is 2.07. The Morgan fingerprint density at radius 1 is 1.27 bits per heavy atom. The summed E-state index contributed by atoms with van der Waals surface area (Å²) < 4.78 is 1.63. The van der Waals surface area contributed by atoms with E-state index in [0.29, 0.717) is 5.95 Å². The van der Waals surface area contributed by atoms with Gasteiger partial charge in [0, 0.05) is 32.7 Å². The van der Waals surface area contributed by atoms with E-state index in [9.17, 15) is 0 Å². The van der Waals surface area contributed by atoms with Crippen LogP contribution in [0.4, 0.5) is 5.82 Å². The third kappa shape index (κ3) is 2.44. The Morgan fingerprint density at radius 2 is 2.07 bits per heavy atom. The van der Waals surface area contributed by atoms with Crippen molar-refractivity contribution >= 4 is 18.2 Å². The molecule has 2 rings (SSSR count). The van der Waals surface area contributed by atoms with Crippen molar-refractivity contribution in [1.82, 2.24) is 19.7 Å². The molecule has 2 heterocycles. The summed E-state index contributed by atoms with van der Waals surface area (Å²) in [7, 11) is 3.88. The summed E-state index contributed by atoms with van der Waals surface area (Å²) in [5.41, 5.74) is 0. The second-order valence-electron chi connectivity index (χ2n) is 3.06. The van der Waals surface area contributed by atoms with Crippen molar-refractivity contribution in [3.8, 4) is 5.95 Å². The second-order valence-corrected chi connectivity index (χ2v) is 3.06. The lowest BCUT2D eigenvalue weighted by atomic mass is 10.5. The fourth-order valence-corrected chi connectivity index (χ4v) is 1.09. The number of aromatic nitrogens is 4. The van der Waals surface area contributed by atoms with Crippen LogP contribution in [0.25, 0.3) is 5.95 Å². The van der Waals surface area contributed by atoms with Gasteiger partial charge in [-0.05, 0) is 12.1 Å². The Balaban J connectivity index is 0.00000112. The van der Waals surface area contributed by atoms with Gasteiger partial charge in [-0.1, -0.05) is 0 Å². The van der Waals surface area contributed by atoms with Crippen LogP contribution in [0.15, 0.2) is 30.7 Å². The van der Waals surface area contributed by atoms with Crippen molar-refractivity contribution in [2.75, 3.05) is 19.0 Å². The first-order valence-electron chi connectivity index (χ1n) is 4.28. The number of hydrogen-bond acceptors (Lipinski definition) is 4. The lowest BCUT2D eigenvalue weighted by Crippen LogP contribution is -2.12. The molecule has 0 atom stereocenters. The van der Waals surface area contributed by atoms with Crippen LogP contribution in [-0.2, 0) is 0 Å². The Hall–Kier alpha value is -1.62. The van der Waals surface area contributed by atoms with Crippen molar-refractivity contribution in [2.45, 2.75) is 0 Å². The van der Waals surface area contributed by atoms with E-state index in [1.807, 2.05) is 37.3 Å². The molecule has 6 heteroatoms. The standard InChI is InChI=1S/C9H11N5.ClH/c1-13(2)8-4-6-10-9(12-8)14-7-3-5-11-14;/h3-7H,1-2H3;1H. The van der Waals surface area contributed by atoms with Gasteiger partial charge >= 0.3 is 0 Å². The van der Waals surface area contributed by atoms with Gasteiger partial charge in [0.1, 0.15) is 5.82 Å². The van der Waals surface area contributed by atoms with Crippen LogP contribution in [0.3, 0.4) is 0 Å². The topological polar surface area (TPSA) is 46.8 Å². The zero-order chi connectivity index (χ0) is 9.97. The predicted octanol–water partition coefficient (Wildman–Crippen LogP) is 1.15. The van der Waals surface area contributed by atoms with E-state index in [0.717, 1.165) is 5.82 Å². The third-order valence-electron chi connectivity index (χ3n) is 1.80. The SMILES string of the molecule is CN(C)c1ccnc(-n2cccn2)n1.Cl. The first-order chi connectivity index (χ1) is 6.77. The summed E-state index contributed by atoms with van der Waals surface area (Å²) in [4.78, 5) is 10.4. The molecule has 0 spiro atoms. The first kappa shape index (κ1) is 11.5. The van der Waals surface area contributed by atoms with Gasteiger partial charge < -0.3 is 4.90 Å². The predicted molar refractivity (Wildman–Crippen MR) is 60.7 cm³/mol. The summed E-state index contributed by atoms with van der Waals surface area (Å²) in [6, 6.07) is 3.69. The third-order valence-corrected chi connectivity index (χ3v) is 1.80. The van der Waals surface area contributed by atoms with Crippen LogP contribution >= 0.6 is 12.4 Å². The summed E-state index contributed by atoms with van der Waals surface area (Å²) in [6.07, 6.45) is 5.24. The van der Waals surface area contributed by atoms with Gasteiger partial charge in [-0.3, -0.25) is 0 Å². The summed E-state index contributed by atoms with van der Waals surface area (Å²) in [6.45, 7) is 0. The molecule has 0 aliphatic rings. The Kier molecular flexibility index (Phi) is 3.62. The minimum atomic E-state index is 0. The lowest BCUT2D eigenvalue weighted by Gasteiger charge is -2.11. The zero-order valence-corrected chi connectivity index (χ0v) is 9.35. The molecule has 0 aromatic carbocycles. The van der Waals surface area contributed by atoms with Crippen LogP contribution in [0, 0.1) is 0 Å². The molecule has 0 fully saturated rings. The van der Waals surface area contributed by atoms with Crippen LogP contribution in [0.2, 0.25) is 0 Å². The van der Waals surface area contributed by atoms with E-state index in [1.54, 1.807) is 17.1 Å². The lowest BCUT2D eigenvalue weighted by molar-refractivity contribution is 0.804. The van der Waals surface area contributed by atoms with Crippen molar-refractivity contribution < 1.29 is 0 Å². The van der Waals surface area contributed by atoms with Crippen LogP contribution in [-0.4, -0.2) is 33.8 Å². The molecule has 2 aromatic rings. The molecule has 80 valence electrons. The number of hydrogen-bond donors (Lipinski definition) is 0. The monoisotopic (exact) mass is 225 g/mol. The average molecular weight is 226 g/mol. The second kappa shape index (κ2) is 4.75. The maximum atomic E-state index is 4.33. The molecule has 0 saturated heterocycles. The zero-order valence-electron chi connectivity index (χ0n) is 8.53. The molecule has 0 amide bonds. The van der Waals surface area contributed by atoms with E-state index >= 15 is 0 Å². The summed E-state index contributed by atoms with van der Waals surface area (Å²) in [5.74, 6) is 1.45. The number of halogens is 1. The fraction of sp³-hybridized carbons (Fsp3) is 0.222. The Labute approximate surface area is 94.2 Å². The first-order valence-corrected chi connectivity index (χ1v) is 4.28. The highest BCUT2D eigenvalue weighted by atomic mass is 35.5. The van der Waals surface area contributed by atoms with Gasteiger partial charge in [-0.25, -0.2) is 9.67 Å². The molecular formula is C9H12ClN5. The fourth-order valence-electron chi connectivity index (χ4n) is 1.09. The number of anilines is 1. The summed E-state index contributed by atoms with van der Waals surface area (Å²) in [5, 5.41) is 4.06. The molecule has 0 bridgehead atoms. The van der Waals surface area contributed by atoms with Gasteiger partial charge in [-0.15, -0.1) is 12.4 Å². The molecule has 0 unspecified atom stereocenters. The van der Waals surface area contributed by atoms with Crippen molar-refractivity contribution in [2.24, 2.45) is 0 Å². The van der Waals surface area contributed by atoms with Crippen LogP contribution in [0.5, 0.6) is 0 Å². The van der Waals surface area contributed by atoms with Crippen molar-refractivity contribution in [1.29, 1.82) is 0 Å².